The monoisotopic (exact) mass is 429 g/mol. The Hall–Kier alpha value is -0.160. The first kappa shape index (κ1) is 17.2. The Kier molecular flexibility index (Phi) is 6.06. The molecule has 1 N–H and O–H groups in total. The zero-order valence-corrected chi connectivity index (χ0v) is 16.6. The first-order chi connectivity index (χ1) is 9.83. The second-order valence-corrected chi connectivity index (χ2v) is 9.76. The van der Waals surface area contributed by atoms with E-state index in [0.29, 0.717) is 5.92 Å². The topological polar surface area (TPSA) is 12.0 Å². The summed E-state index contributed by atoms with van der Waals surface area (Å²) in [5, 5.41) is 3.64. The standard InChI is InChI=1S/C17H21Br2NS/c1-17(2,3)20-11-13(10-15-7-8-16(19)21-15)12-5-4-6-14(18)9-12/h4-9,13,20H,10-11H2,1-3H3. The Bertz CT molecular complexity index is 586. The maximum atomic E-state index is 3.64. The maximum absolute atomic E-state index is 3.64. The number of nitrogens with one attached hydrogen (secondary N) is 1. The molecule has 0 bridgehead atoms. The van der Waals surface area contributed by atoms with Crippen LogP contribution in [-0.2, 0) is 6.42 Å². The van der Waals surface area contributed by atoms with Crippen LogP contribution in [0.2, 0.25) is 0 Å². The molecule has 0 spiro atoms. The molecule has 1 aromatic heterocycles. The molecular weight excluding hydrogens is 410 g/mol. The van der Waals surface area contributed by atoms with Crippen molar-refractivity contribution in [1.29, 1.82) is 0 Å². The van der Waals surface area contributed by atoms with Gasteiger partial charge in [-0.25, -0.2) is 0 Å². The van der Waals surface area contributed by atoms with Crippen LogP contribution in [0.25, 0.3) is 0 Å². The Morgan fingerprint density at radius 1 is 1.14 bits per heavy atom. The van der Waals surface area contributed by atoms with Gasteiger partial charge in [-0.3, -0.25) is 0 Å². The summed E-state index contributed by atoms with van der Waals surface area (Å²) in [6.07, 6.45) is 1.07. The van der Waals surface area contributed by atoms with Gasteiger partial charge in [-0.05, 0) is 73.0 Å². The van der Waals surface area contributed by atoms with E-state index in [-0.39, 0.29) is 5.54 Å². The van der Waals surface area contributed by atoms with E-state index in [9.17, 15) is 0 Å². The Labute approximate surface area is 148 Å². The van der Waals surface area contributed by atoms with Crippen molar-refractivity contribution in [2.24, 2.45) is 0 Å². The average Bonchev–Trinajstić information content (AvgIpc) is 2.79. The zero-order chi connectivity index (χ0) is 15.5. The van der Waals surface area contributed by atoms with Crippen LogP contribution in [0.1, 0.15) is 37.1 Å². The molecule has 1 nitrogen and oxygen atoms in total. The molecule has 0 fully saturated rings. The molecule has 0 aliphatic rings. The molecule has 0 aliphatic carbocycles. The summed E-state index contributed by atoms with van der Waals surface area (Å²) in [5.74, 6) is 0.479. The van der Waals surface area contributed by atoms with Crippen LogP contribution in [0.3, 0.4) is 0 Å². The SMILES string of the molecule is CC(C)(C)NCC(Cc1ccc(Br)s1)c1cccc(Br)c1. The number of hydrogen-bond donors (Lipinski definition) is 1. The third-order valence-corrected chi connectivity index (χ3v) is 5.41. The molecule has 0 saturated heterocycles. The normalized spacial score (nSPS) is 13.4. The average molecular weight is 431 g/mol. The lowest BCUT2D eigenvalue weighted by Gasteiger charge is -2.25. The number of halogens is 2. The Morgan fingerprint density at radius 2 is 1.90 bits per heavy atom. The molecule has 114 valence electrons. The highest BCUT2D eigenvalue weighted by Gasteiger charge is 2.17. The van der Waals surface area contributed by atoms with Crippen LogP contribution in [0.4, 0.5) is 0 Å². The highest BCUT2D eigenvalue weighted by Crippen LogP contribution is 2.29. The maximum Gasteiger partial charge on any atom is 0.0701 e. The number of benzene rings is 1. The molecule has 1 heterocycles. The van der Waals surface area contributed by atoms with Crippen molar-refractivity contribution in [2.45, 2.75) is 38.6 Å². The highest BCUT2D eigenvalue weighted by molar-refractivity contribution is 9.11. The largest absolute Gasteiger partial charge is 0.311 e. The number of thiophene rings is 1. The number of rotatable bonds is 5. The molecule has 2 aromatic rings. The van der Waals surface area contributed by atoms with Crippen molar-refractivity contribution in [3.63, 3.8) is 0 Å². The summed E-state index contributed by atoms with van der Waals surface area (Å²) >= 11 is 8.97. The minimum Gasteiger partial charge on any atom is -0.311 e. The molecule has 0 aliphatic heterocycles. The van der Waals surface area contributed by atoms with Crippen LogP contribution in [0.15, 0.2) is 44.7 Å². The smallest absolute Gasteiger partial charge is 0.0701 e. The van der Waals surface area contributed by atoms with Gasteiger partial charge in [0.15, 0.2) is 0 Å². The summed E-state index contributed by atoms with van der Waals surface area (Å²) in [7, 11) is 0. The van der Waals surface area contributed by atoms with Gasteiger partial charge >= 0.3 is 0 Å². The van der Waals surface area contributed by atoms with E-state index in [2.05, 4.69) is 94.3 Å². The third-order valence-electron chi connectivity index (χ3n) is 3.28. The van der Waals surface area contributed by atoms with Crippen molar-refractivity contribution in [3.05, 3.63) is 55.1 Å². The molecule has 1 aromatic carbocycles. The zero-order valence-electron chi connectivity index (χ0n) is 12.6. The van der Waals surface area contributed by atoms with E-state index in [1.807, 2.05) is 11.3 Å². The molecule has 0 radical (unpaired) electrons. The molecule has 1 atom stereocenters. The molecule has 1 unspecified atom stereocenters. The lowest BCUT2D eigenvalue weighted by Crippen LogP contribution is -2.39. The molecule has 4 heteroatoms. The van der Waals surface area contributed by atoms with Gasteiger partial charge < -0.3 is 5.32 Å². The summed E-state index contributed by atoms with van der Waals surface area (Å²) in [4.78, 5) is 1.42. The minimum atomic E-state index is 0.139. The van der Waals surface area contributed by atoms with Crippen molar-refractivity contribution < 1.29 is 0 Å². The van der Waals surface area contributed by atoms with Crippen LogP contribution in [0, 0.1) is 0 Å². The summed E-state index contributed by atoms with van der Waals surface area (Å²) in [5.41, 5.74) is 1.52. The van der Waals surface area contributed by atoms with Crippen molar-refractivity contribution in [3.8, 4) is 0 Å². The fourth-order valence-electron chi connectivity index (χ4n) is 2.20. The van der Waals surface area contributed by atoms with Crippen LogP contribution in [0.5, 0.6) is 0 Å². The summed E-state index contributed by atoms with van der Waals surface area (Å²) in [6, 6.07) is 13.0. The Morgan fingerprint density at radius 3 is 2.48 bits per heavy atom. The van der Waals surface area contributed by atoms with E-state index >= 15 is 0 Å². The second kappa shape index (κ2) is 7.40. The van der Waals surface area contributed by atoms with E-state index in [1.165, 1.54) is 14.2 Å². The molecule has 0 amide bonds. The van der Waals surface area contributed by atoms with Crippen LogP contribution in [-0.4, -0.2) is 12.1 Å². The summed E-state index contributed by atoms with van der Waals surface area (Å²) in [6.45, 7) is 7.63. The van der Waals surface area contributed by atoms with Gasteiger partial charge in [-0.1, -0.05) is 28.1 Å². The quantitative estimate of drug-likeness (QED) is 0.614. The third kappa shape index (κ3) is 5.85. The highest BCUT2D eigenvalue weighted by atomic mass is 79.9. The van der Waals surface area contributed by atoms with Gasteiger partial charge in [0.2, 0.25) is 0 Å². The fourth-order valence-corrected chi connectivity index (χ4v) is 4.18. The molecule has 2 rings (SSSR count). The lowest BCUT2D eigenvalue weighted by molar-refractivity contribution is 0.405. The molecule has 0 saturated carbocycles. The fraction of sp³-hybridized carbons (Fsp3) is 0.412. The van der Waals surface area contributed by atoms with Crippen LogP contribution >= 0.6 is 43.2 Å². The minimum absolute atomic E-state index is 0.139. The van der Waals surface area contributed by atoms with E-state index in [4.69, 9.17) is 0 Å². The summed E-state index contributed by atoms with van der Waals surface area (Å²) < 4.78 is 2.35. The number of hydrogen-bond acceptors (Lipinski definition) is 2. The van der Waals surface area contributed by atoms with Gasteiger partial charge in [0, 0.05) is 27.4 Å². The first-order valence-electron chi connectivity index (χ1n) is 7.08. The van der Waals surface area contributed by atoms with Crippen molar-refractivity contribution in [1.82, 2.24) is 5.32 Å². The Balaban J connectivity index is 2.17. The molecule has 21 heavy (non-hydrogen) atoms. The molecular formula is C17H21Br2NS. The van der Waals surface area contributed by atoms with Crippen molar-refractivity contribution in [2.75, 3.05) is 6.54 Å². The van der Waals surface area contributed by atoms with Gasteiger partial charge in [-0.2, -0.15) is 0 Å². The van der Waals surface area contributed by atoms with E-state index < -0.39 is 0 Å². The van der Waals surface area contributed by atoms with Crippen molar-refractivity contribution >= 4 is 43.2 Å². The van der Waals surface area contributed by atoms with E-state index in [1.54, 1.807) is 0 Å². The van der Waals surface area contributed by atoms with Crippen LogP contribution < -0.4 is 5.32 Å². The van der Waals surface area contributed by atoms with Gasteiger partial charge in [0.25, 0.3) is 0 Å². The first-order valence-corrected chi connectivity index (χ1v) is 9.48. The van der Waals surface area contributed by atoms with E-state index in [0.717, 1.165) is 17.4 Å². The lowest BCUT2D eigenvalue weighted by atomic mass is 9.94. The second-order valence-electron chi connectivity index (χ2n) is 6.29. The predicted octanol–water partition coefficient (Wildman–Crippen LogP) is 5.99. The van der Waals surface area contributed by atoms with Gasteiger partial charge in [0.1, 0.15) is 0 Å². The van der Waals surface area contributed by atoms with Gasteiger partial charge in [0.05, 0.1) is 3.79 Å². The predicted molar refractivity (Wildman–Crippen MR) is 100 cm³/mol. The van der Waals surface area contributed by atoms with Gasteiger partial charge in [-0.15, -0.1) is 11.3 Å².